The summed E-state index contributed by atoms with van der Waals surface area (Å²) >= 11 is 1.29. The fourth-order valence-electron chi connectivity index (χ4n) is 2.22. The summed E-state index contributed by atoms with van der Waals surface area (Å²) in [5.74, 6) is -0.235. The second-order valence-electron chi connectivity index (χ2n) is 5.18. The van der Waals surface area contributed by atoms with Gasteiger partial charge in [0.2, 0.25) is 5.91 Å². The van der Waals surface area contributed by atoms with Gasteiger partial charge in [0.25, 0.3) is 5.56 Å². The molecule has 0 aliphatic rings. The first-order valence-corrected chi connectivity index (χ1v) is 7.83. The van der Waals surface area contributed by atoms with E-state index < -0.39 is 5.69 Å². The summed E-state index contributed by atoms with van der Waals surface area (Å²) in [6.45, 7) is 5.91. The van der Waals surface area contributed by atoms with Crippen molar-refractivity contribution < 1.29 is 4.79 Å². The molecule has 2 aromatic rings. The number of nitrogens with one attached hydrogen (secondary N) is 1. The van der Waals surface area contributed by atoms with Gasteiger partial charge in [0.05, 0.1) is 5.52 Å². The molecule has 0 saturated heterocycles. The van der Waals surface area contributed by atoms with Gasteiger partial charge in [0.15, 0.2) is 0 Å². The summed E-state index contributed by atoms with van der Waals surface area (Å²) in [7, 11) is 0. The molecule has 114 valence electrons. The van der Waals surface area contributed by atoms with Crippen LogP contribution in [0.15, 0.2) is 21.0 Å². The fraction of sp³-hybridized carbons (Fsp3) is 0.500. The maximum atomic E-state index is 12.5. The number of amides is 1. The van der Waals surface area contributed by atoms with Crippen LogP contribution in [0.25, 0.3) is 10.2 Å². The van der Waals surface area contributed by atoms with E-state index in [0.29, 0.717) is 23.2 Å². The topological polar surface area (TPSA) is 73.1 Å². The number of hydrogen-bond donors (Lipinski definition) is 1. The molecule has 2 rings (SSSR count). The van der Waals surface area contributed by atoms with Crippen molar-refractivity contribution in [1.29, 1.82) is 0 Å². The molecule has 0 aromatic carbocycles. The molecule has 0 aliphatic heterocycles. The maximum Gasteiger partial charge on any atom is 0.332 e. The first-order chi connectivity index (χ1) is 9.95. The van der Waals surface area contributed by atoms with Crippen molar-refractivity contribution in [3.05, 3.63) is 32.3 Å². The summed E-state index contributed by atoms with van der Waals surface area (Å²) in [6.07, 6.45) is 0.685. The molecular weight excluding hydrogens is 290 g/mol. The number of aromatic nitrogens is 2. The third-order valence-electron chi connectivity index (χ3n) is 3.04. The van der Waals surface area contributed by atoms with Crippen LogP contribution < -0.4 is 16.6 Å². The number of rotatable bonds is 5. The molecular formula is C14H19N3O3S. The average Bonchev–Trinajstić information content (AvgIpc) is 2.88. The molecule has 0 fully saturated rings. The Balaban J connectivity index is 2.56. The Morgan fingerprint density at radius 3 is 2.67 bits per heavy atom. The van der Waals surface area contributed by atoms with Gasteiger partial charge >= 0.3 is 5.69 Å². The highest BCUT2D eigenvalue weighted by Crippen LogP contribution is 2.15. The minimum absolute atomic E-state index is 0.00714. The standard InChI is InChI=1S/C14H19N3O3S/c1-4-6-16-13(19)12-10(5-7-21-12)17(14(16)20)8-11(18)15-9(2)3/h5,7,9H,4,6,8H2,1-3H3,(H,15,18). The Morgan fingerprint density at radius 1 is 1.33 bits per heavy atom. The maximum absolute atomic E-state index is 12.5. The van der Waals surface area contributed by atoms with E-state index >= 15 is 0 Å². The highest BCUT2D eigenvalue weighted by Gasteiger charge is 2.16. The minimum atomic E-state index is -0.424. The fourth-order valence-corrected chi connectivity index (χ4v) is 3.06. The molecule has 0 saturated carbocycles. The number of thiophene rings is 1. The first-order valence-electron chi connectivity index (χ1n) is 6.96. The van der Waals surface area contributed by atoms with Crippen LogP contribution in [0.5, 0.6) is 0 Å². The van der Waals surface area contributed by atoms with Crippen LogP contribution in [0.3, 0.4) is 0 Å². The number of fused-ring (bicyclic) bond motifs is 1. The van der Waals surface area contributed by atoms with Gasteiger partial charge in [-0.3, -0.25) is 18.7 Å². The SMILES string of the molecule is CCCn1c(=O)c2sccc2n(CC(=O)NC(C)C)c1=O. The summed E-state index contributed by atoms with van der Waals surface area (Å²) in [4.78, 5) is 36.7. The van der Waals surface area contributed by atoms with Crippen molar-refractivity contribution in [3.8, 4) is 0 Å². The van der Waals surface area contributed by atoms with Gasteiger partial charge in [-0.25, -0.2) is 4.79 Å². The monoisotopic (exact) mass is 309 g/mol. The van der Waals surface area contributed by atoms with Crippen LogP contribution in [0.2, 0.25) is 0 Å². The normalized spacial score (nSPS) is 11.2. The summed E-state index contributed by atoms with van der Waals surface area (Å²) in [5, 5.41) is 4.52. The van der Waals surface area contributed by atoms with Crippen molar-refractivity contribution in [2.45, 2.75) is 46.3 Å². The average molecular weight is 309 g/mol. The van der Waals surface area contributed by atoms with Crippen molar-refractivity contribution in [3.63, 3.8) is 0 Å². The van der Waals surface area contributed by atoms with Crippen LogP contribution in [0.4, 0.5) is 0 Å². The lowest BCUT2D eigenvalue weighted by atomic mass is 10.3. The zero-order valence-corrected chi connectivity index (χ0v) is 13.2. The predicted octanol–water partition coefficient (Wildman–Crippen LogP) is 1.16. The molecule has 0 atom stereocenters. The van der Waals surface area contributed by atoms with Crippen LogP contribution >= 0.6 is 11.3 Å². The molecule has 21 heavy (non-hydrogen) atoms. The van der Waals surface area contributed by atoms with E-state index in [-0.39, 0.29) is 24.1 Å². The molecule has 2 heterocycles. The molecule has 1 amide bonds. The molecule has 1 N–H and O–H groups in total. The molecule has 2 aromatic heterocycles. The highest BCUT2D eigenvalue weighted by atomic mass is 32.1. The molecule has 0 radical (unpaired) electrons. The molecule has 0 bridgehead atoms. The zero-order chi connectivity index (χ0) is 15.6. The van der Waals surface area contributed by atoms with E-state index in [1.807, 2.05) is 20.8 Å². The Bertz CT molecular complexity index is 770. The molecule has 7 heteroatoms. The van der Waals surface area contributed by atoms with Gasteiger partial charge in [0.1, 0.15) is 11.2 Å². The first kappa shape index (κ1) is 15.5. The Hall–Kier alpha value is -1.89. The summed E-state index contributed by atoms with van der Waals surface area (Å²) in [5.41, 5.74) is -0.166. The third-order valence-corrected chi connectivity index (χ3v) is 3.93. The predicted molar refractivity (Wildman–Crippen MR) is 83.9 cm³/mol. The molecule has 0 unspecified atom stereocenters. The van der Waals surface area contributed by atoms with Crippen molar-refractivity contribution >= 4 is 27.5 Å². The summed E-state index contributed by atoms with van der Waals surface area (Å²) < 4.78 is 3.10. The molecule has 6 nitrogen and oxygen atoms in total. The van der Waals surface area contributed by atoms with Crippen LogP contribution in [-0.2, 0) is 17.9 Å². The second kappa shape index (κ2) is 6.26. The van der Waals surface area contributed by atoms with Gasteiger partial charge < -0.3 is 5.32 Å². The quantitative estimate of drug-likeness (QED) is 0.901. The lowest BCUT2D eigenvalue weighted by Gasteiger charge is -2.13. The summed E-state index contributed by atoms with van der Waals surface area (Å²) in [6, 6.07) is 1.72. The van der Waals surface area contributed by atoms with E-state index in [1.54, 1.807) is 11.4 Å². The van der Waals surface area contributed by atoms with Crippen LogP contribution in [0, 0.1) is 0 Å². The van der Waals surface area contributed by atoms with Gasteiger partial charge in [-0.2, -0.15) is 0 Å². The van der Waals surface area contributed by atoms with Crippen molar-refractivity contribution in [1.82, 2.24) is 14.5 Å². The third kappa shape index (κ3) is 3.07. The van der Waals surface area contributed by atoms with Crippen LogP contribution in [-0.4, -0.2) is 21.1 Å². The Kier molecular flexibility index (Phi) is 4.62. The Labute approximate surface area is 126 Å². The largest absolute Gasteiger partial charge is 0.352 e. The lowest BCUT2D eigenvalue weighted by Crippen LogP contribution is -2.43. The Morgan fingerprint density at radius 2 is 2.05 bits per heavy atom. The lowest BCUT2D eigenvalue weighted by molar-refractivity contribution is -0.122. The van der Waals surface area contributed by atoms with Gasteiger partial charge in [0, 0.05) is 12.6 Å². The van der Waals surface area contributed by atoms with E-state index in [0.717, 1.165) is 0 Å². The number of carbonyl (C=O) groups excluding carboxylic acids is 1. The van der Waals surface area contributed by atoms with E-state index in [9.17, 15) is 14.4 Å². The van der Waals surface area contributed by atoms with Crippen molar-refractivity contribution in [2.24, 2.45) is 0 Å². The smallest absolute Gasteiger partial charge is 0.332 e. The van der Waals surface area contributed by atoms with Gasteiger partial charge in [-0.05, 0) is 31.7 Å². The molecule has 0 aliphatic carbocycles. The number of hydrogen-bond acceptors (Lipinski definition) is 4. The second-order valence-corrected chi connectivity index (χ2v) is 6.10. The zero-order valence-electron chi connectivity index (χ0n) is 12.4. The highest BCUT2D eigenvalue weighted by molar-refractivity contribution is 7.17. The van der Waals surface area contributed by atoms with E-state index in [1.165, 1.54) is 20.5 Å². The van der Waals surface area contributed by atoms with Gasteiger partial charge in [-0.15, -0.1) is 11.3 Å². The van der Waals surface area contributed by atoms with E-state index in [2.05, 4.69) is 5.32 Å². The van der Waals surface area contributed by atoms with Crippen LogP contribution in [0.1, 0.15) is 27.2 Å². The minimum Gasteiger partial charge on any atom is -0.352 e. The number of nitrogens with zero attached hydrogens (tertiary/aromatic N) is 2. The van der Waals surface area contributed by atoms with Gasteiger partial charge in [-0.1, -0.05) is 6.92 Å². The van der Waals surface area contributed by atoms with E-state index in [4.69, 9.17) is 0 Å². The number of carbonyl (C=O) groups is 1. The molecule has 0 spiro atoms. The van der Waals surface area contributed by atoms with Crippen molar-refractivity contribution in [2.75, 3.05) is 0 Å².